The molecule has 0 N–H and O–H groups in total. The Morgan fingerprint density at radius 3 is 2.61 bits per heavy atom. The van der Waals surface area contributed by atoms with Gasteiger partial charge in [0.05, 0.1) is 5.57 Å². The number of esters is 1. The summed E-state index contributed by atoms with van der Waals surface area (Å²) in [4.78, 5) is 14.1. The molecule has 4 rings (SSSR count). The molecule has 28 heavy (non-hydrogen) atoms. The predicted molar refractivity (Wildman–Crippen MR) is 118 cm³/mol. The fraction of sp³-hybridized carbons (Fsp3) is 0.240. The highest BCUT2D eigenvalue weighted by molar-refractivity contribution is 7.99. The number of hydrogen-bond acceptors (Lipinski definition) is 3. The van der Waals surface area contributed by atoms with Gasteiger partial charge in [-0.05, 0) is 47.2 Å². The summed E-state index contributed by atoms with van der Waals surface area (Å²) in [7, 11) is 0. The van der Waals surface area contributed by atoms with Crippen LogP contribution in [0.4, 0.5) is 0 Å². The molecule has 0 atom stereocenters. The van der Waals surface area contributed by atoms with Crippen LogP contribution in [-0.2, 0) is 11.2 Å². The second-order valence-electron chi connectivity index (χ2n) is 7.03. The summed E-state index contributed by atoms with van der Waals surface area (Å²) in [5, 5.41) is 2.14. The van der Waals surface area contributed by atoms with Crippen LogP contribution in [0.1, 0.15) is 37.3 Å². The SMILES string of the molecule is CCCCCSc1ccc(OC(=O)C2=CCc3ccccc32)c2ccccc12. The van der Waals surface area contributed by atoms with E-state index in [2.05, 4.69) is 25.1 Å². The lowest BCUT2D eigenvalue weighted by Crippen LogP contribution is -2.10. The molecule has 0 saturated heterocycles. The van der Waals surface area contributed by atoms with E-state index in [4.69, 9.17) is 4.74 Å². The van der Waals surface area contributed by atoms with Crippen LogP contribution >= 0.6 is 11.8 Å². The van der Waals surface area contributed by atoms with E-state index in [-0.39, 0.29) is 5.97 Å². The van der Waals surface area contributed by atoms with E-state index in [0.717, 1.165) is 28.5 Å². The topological polar surface area (TPSA) is 26.3 Å². The summed E-state index contributed by atoms with van der Waals surface area (Å²) >= 11 is 1.88. The average Bonchev–Trinajstić information content (AvgIpc) is 3.17. The van der Waals surface area contributed by atoms with Crippen molar-refractivity contribution in [2.24, 2.45) is 0 Å². The summed E-state index contributed by atoms with van der Waals surface area (Å²) in [5.41, 5.74) is 2.83. The van der Waals surface area contributed by atoms with Gasteiger partial charge in [-0.3, -0.25) is 0 Å². The van der Waals surface area contributed by atoms with Crippen LogP contribution < -0.4 is 4.74 Å². The summed E-state index contributed by atoms with van der Waals surface area (Å²) in [6.45, 7) is 2.22. The maximum Gasteiger partial charge on any atom is 0.343 e. The van der Waals surface area contributed by atoms with Gasteiger partial charge in [-0.25, -0.2) is 4.79 Å². The van der Waals surface area contributed by atoms with Crippen LogP contribution in [0.5, 0.6) is 5.75 Å². The molecule has 3 heteroatoms. The molecule has 142 valence electrons. The summed E-state index contributed by atoms with van der Waals surface area (Å²) in [5.74, 6) is 1.46. The van der Waals surface area contributed by atoms with E-state index in [0.29, 0.717) is 11.3 Å². The van der Waals surface area contributed by atoms with Crippen molar-refractivity contribution in [2.45, 2.75) is 37.5 Å². The van der Waals surface area contributed by atoms with E-state index in [1.807, 2.05) is 60.3 Å². The number of hydrogen-bond donors (Lipinski definition) is 0. The molecule has 2 nitrogen and oxygen atoms in total. The van der Waals surface area contributed by atoms with E-state index < -0.39 is 0 Å². The zero-order chi connectivity index (χ0) is 19.3. The van der Waals surface area contributed by atoms with Crippen LogP contribution in [0.15, 0.2) is 71.6 Å². The number of carbonyl (C=O) groups excluding carboxylic acids is 1. The van der Waals surface area contributed by atoms with E-state index in [1.165, 1.54) is 29.7 Å². The molecule has 1 aliphatic rings. The summed E-state index contributed by atoms with van der Waals surface area (Å²) < 4.78 is 5.85. The van der Waals surface area contributed by atoms with Gasteiger partial charge in [0.15, 0.2) is 0 Å². The third kappa shape index (κ3) is 3.85. The summed E-state index contributed by atoms with van der Waals surface area (Å²) in [6.07, 6.45) is 6.47. The maximum absolute atomic E-state index is 12.9. The van der Waals surface area contributed by atoms with Crippen molar-refractivity contribution in [2.75, 3.05) is 5.75 Å². The Kier molecular flexibility index (Phi) is 5.82. The van der Waals surface area contributed by atoms with Crippen LogP contribution in [0.25, 0.3) is 16.3 Å². The van der Waals surface area contributed by atoms with Crippen molar-refractivity contribution in [3.05, 3.63) is 77.9 Å². The Morgan fingerprint density at radius 1 is 0.964 bits per heavy atom. The van der Waals surface area contributed by atoms with Crippen LogP contribution in [-0.4, -0.2) is 11.7 Å². The van der Waals surface area contributed by atoms with Gasteiger partial charge in [-0.2, -0.15) is 0 Å². The molecule has 0 fully saturated rings. The van der Waals surface area contributed by atoms with Crippen LogP contribution in [0.3, 0.4) is 0 Å². The Morgan fingerprint density at radius 2 is 1.75 bits per heavy atom. The van der Waals surface area contributed by atoms with Crippen LogP contribution in [0.2, 0.25) is 0 Å². The third-order valence-electron chi connectivity index (χ3n) is 5.11. The maximum atomic E-state index is 12.9. The molecular weight excluding hydrogens is 364 g/mol. The number of fused-ring (bicyclic) bond motifs is 2. The number of ether oxygens (including phenoxy) is 1. The van der Waals surface area contributed by atoms with Crippen molar-refractivity contribution < 1.29 is 9.53 Å². The van der Waals surface area contributed by atoms with E-state index in [1.54, 1.807) is 0 Å². The minimum Gasteiger partial charge on any atom is -0.422 e. The lowest BCUT2D eigenvalue weighted by Gasteiger charge is -2.12. The average molecular weight is 389 g/mol. The van der Waals surface area contributed by atoms with E-state index >= 15 is 0 Å². The van der Waals surface area contributed by atoms with E-state index in [9.17, 15) is 4.79 Å². The zero-order valence-electron chi connectivity index (χ0n) is 16.1. The molecule has 0 bridgehead atoms. The first-order chi connectivity index (χ1) is 13.8. The molecular formula is C25H24O2S. The smallest absolute Gasteiger partial charge is 0.343 e. The van der Waals surface area contributed by atoms with Gasteiger partial charge in [0.2, 0.25) is 0 Å². The highest BCUT2D eigenvalue weighted by Crippen LogP contribution is 2.36. The minimum atomic E-state index is -0.279. The number of unbranched alkanes of at least 4 members (excludes halogenated alkanes) is 2. The van der Waals surface area contributed by atoms with Gasteiger partial charge in [0.25, 0.3) is 0 Å². The first kappa shape index (κ1) is 18.8. The standard InChI is InChI=1S/C25H24O2S/c1-2-3-8-17-28-24-16-15-23(20-11-6-7-12-21(20)24)27-25(26)22-14-13-18-9-4-5-10-19(18)22/h4-7,9-12,14-16H,2-3,8,13,17H2,1H3. The van der Waals surface area contributed by atoms with Crippen molar-refractivity contribution in [1.82, 2.24) is 0 Å². The number of carbonyl (C=O) groups is 1. The molecule has 0 radical (unpaired) electrons. The second-order valence-corrected chi connectivity index (χ2v) is 8.17. The number of allylic oxidation sites excluding steroid dienone is 1. The minimum absolute atomic E-state index is 0.279. The van der Waals surface area contributed by atoms with Crippen molar-refractivity contribution in [3.63, 3.8) is 0 Å². The predicted octanol–water partition coefficient (Wildman–Crippen LogP) is 6.67. The molecule has 0 aliphatic heterocycles. The Labute approximate surface area is 170 Å². The fourth-order valence-electron chi connectivity index (χ4n) is 3.62. The first-order valence-electron chi connectivity index (χ1n) is 9.93. The van der Waals surface area contributed by atoms with Gasteiger partial charge in [0, 0.05) is 10.3 Å². The first-order valence-corrected chi connectivity index (χ1v) is 10.9. The molecule has 0 heterocycles. The molecule has 0 spiro atoms. The highest BCUT2D eigenvalue weighted by Gasteiger charge is 2.22. The Hall–Kier alpha value is -2.52. The van der Waals surface area contributed by atoms with Gasteiger partial charge in [-0.1, -0.05) is 74.4 Å². The lowest BCUT2D eigenvalue weighted by molar-refractivity contribution is -0.127. The molecule has 0 saturated carbocycles. The second kappa shape index (κ2) is 8.66. The molecule has 3 aromatic rings. The zero-order valence-corrected chi connectivity index (χ0v) is 16.9. The molecule has 1 aliphatic carbocycles. The van der Waals surface area contributed by atoms with Gasteiger partial charge in [0.1, 0.15) is 5.75 Å². The molecule has 0 amide bonds. The molecule has 0 unspecified atom stereocenters. The van der Waals surface area contributed by atoms with Crippen molar-refractivity contribution >= 4 is 34.1 Å². The number of benzene rings is 3. The van der Waals surface area contributed by atoms with Gasteiger partial charge < -0.3 is 4.74 Å². The van der Waals surface area contributed by atoms with Crippen molar-refractivity contribution in [1.29, 1.82) is 0 Å². The van der Waals surface area contributed by atoms with Gasteiger partial charge >= 0.3 is 5.97 Å². The Bertz CT molecular complexity index is 1040. The largest absolute Gasteiger partial charge is 0.422 e. The normalized spacial score (nSPS) is 12.7. The summed E-state index contributed by atoms with van der Waals surface area (Å²) in [6, 6.07) is 20.2. The Balaban J connectivity index is 1.57. The number of thioether (sulfide) groups is 1. The molecule has 0 aromatic heterocycles. The van der Waals surface area contributed by atoms with Crippen molar-refractivity contribution in [3.8, 4) is 5.75 Å². The third-order valence-corrected chi connectivity index (χ3v) is 6.27. The van der Waals surface area contributed by atoms with Gasteiger partial charge in [-0.15, -0.1) is 11.8 Å². The molecule has 3 aromatic carbocycles. The highest BCUT2D eigenvalue weighted by atomic mass is 32.2. The monoisotopic (exact) mass is 388 g/mol. The van der Waals surface area contributed by atoms with Crippen LogP contribution in [0, 0.1) is 0 Å². The lowest BCUT2D eigenvalue weighted by atomic mass is 10.1. The quantitative estimate of drug-likeness (QED) is 0.196. The fourth-order valence-corrected chi connectivity index (χ4v) is 4.69. The number of rotatable bonds is 7.